The molecular weight excluding hydrogens is 256 g/mol. The molecule has 0 spiro atoms. The lowest BCUT2D eigenvalue weighted by Gasteiger charge is -2.61. The zero-order valence-electron chi connectivity index (χ0n) is 13.9. The van der Waals surface area contributed by atoms with Gasteiger partial charge in [-0.2, -0.15) is 0 Å². The van der Waals surface area contributed by atoms with Gasteiger partial charge in [-0.05, 0) is 10.8 Å². The van der Waals surface area contributed by atoms with Crippen LogP contribution in [0.25, 0.3) is 0 Å². The second-order valence-corrected chi connectivity index (χ2v) is 7.54. The summed E-state index contributed by atoms with van der Waals surface area (Å²) in [6.07, 6.45) is 1.64. The van der Waals surface area contributed by atoms with Crippen molar-refractivity contribution in [3.8, 4) is 0 Å². The van der Waals surface area contributed by atoms with Crippen molar-refractivity contribution >= 4 is 0 Å². The largest absolute Gasteiger partial charge is 0.395 e. The Morgan fingerprint density at radius 1 is 0.850 bits per heavy atom. The Balaban J connectivity index is 6.32. The second-order valence-electron chi connectivity index (χ2n) is 7.54. The smallest absolute Gasteiger partial charge is 0.0904 e. The molecular formula is C16H32O4. The minimum Gasteiger partial charge on any atom is -0.395 e. The van der Waals surface area contributed by atoms with E-state index in [1.807, 2.05) is 41.5 Å². The standard InChI is InChI=1S/C16H32O4/c1-8-9-20-16(13(2,3)4,14(5,6)7)15(10-17,11-18)12-19/h8,17-19H,1,9-12H2,2-7H3. The van der Waals surface area contributed by atoms with E-state index < -0.39 is 21.8 Å². The molecule has 0 fully saturated rings. The molecule has 0 radical (unpaired) electrons. The maximum atomic E-state index is 9.91. The van der Waals surface area contributed by atoms with Gasteiger partial charge in [0, 0.05) is 0 Å². The van der Waals surface area contributed by atoms with Crippen molar-refractivity contribution in [2.45, 2.75) is 47.1 Å². The fourth-order valence-corrected chi connectivity index (χ4v) is 3.97. The van der Waals surface area contributed by atoms with Gasteiger partial charge in [-0.1, -0.05) is 47.6 Å². The molecule has 0 heterocycles. The number of ether oxygens (including phenoxy) is 1. The van der Waals surface area contributed by atoms with Gasteiger partial charge in [-0.25, -0.2) is 0 Å². The highest BCUT2D eigenvalue weighted by molar-refractivity contribution is 5.12. The van der Waals surface area contributed by atoms with E-state index in [-0.39, 0.29) is 26.4 Å². The summed E-state index contributed by atoms with van der Waals surface area (Å²) in [4.78, 5) is 0. The first-order chi connectivity index (χ1) is 8.99. The van der Waals surface area contributed by atoms with Crippen molar-refractivity contribution < 1.29 is 20.1 Å². The van der Waals surface area contributed by atoms with Gasteiger partial charge in [-0.15, -0.1) is 6.58 Å². The maximum Gasteiger partial charge on any atom is 0.0904 e. The van der Waals surface area contributed by atoms with Crippen LogP contribution in [0.15, 0.2) is 12.7 Å². The molecule has 0 unspecified atom stereocenters. The van der Waals surface area contributed by atoms with Gasteiger partial charge in [0.15, 0.2) is 0 Å². The van der Waals surface area contributed by atoms with Crippen molar-refractivity contribution in [3.63, 3.8) is 0 Å². The fraction of sp³-hybridized carbons (Fsp3) is 0.875. The minimum atomic E-state index is -1.15. The molecule has 4 nitrogen and oxygen atoms in total. The van der Waals surface area contributed by atoms with Crippen LogP contribution in [0, 0.1) is 16.2 Å². The Labute approximate surface area is 123 Å². The highest BCUT2D eigenvalue weighted by atomic mass is 16.5. The van der Waals surface area contributed by atoms with Crippen LogP contribution in [-0.2, 0) is 4.74 Å². The highest BCUT2D eigenvalue weighted by Gasteiger charge is 2.64. The molecule has 120 valence electrons. The molecule has 0 aromatic rings. The van der Waals surface area contributed by atoms with Crippen LogP contribution in [0.4, 0.5) is 0 Å². The van der Waals surface area contributed by atoms with E-state index in [9.17, 15) is 15.3 Å². The molecule has 3 N–H and O–H groups in total. The van der Waals surface area contributed by atoms with Gasteiger partial charge >= 0.3 is 0 Å². The number of hydrogen-bond donors (Lipinski definition) is 3. The quantitative estimate of drug-likeness (QED) is 0.627. The molecule has 0 atom stereocenters. The first-order valence-corrected chi connectivity index (χ1v) is 7.07. The molecule has 0 aromatic carbocycles. The van der Waals surface area contributed by atoms with E-state index in [1.54, 1.807) is 6.08 Å². The van der Waals surface area contributed by atoms with Gasteiger partial charge in [-0.3, -0.25) is 0 Å². The van der Waals surface area contributed by atoms with Crippen molar-refractivity contribution in [3.05, 3.63) is 12.7 Å². The van der Waals surface area contributed by atoms with Crippen LogP contribution < -0.4 is 0 Å². The Hall–Kier alpha value is -0.420. The molecule has 0 saturated heterocycles. The normalized spacial score (nSPS) is 14.4. The molecule has 0 amide bonds. The third-order valence-electron chi connectivity index (χ3n) is 4.18. The van der Waals surface area contributed by atoms with Crippen LogP contribution in [0.5, 0.6) is 0 Å². The molecule has 0 aliphatic rings. The molecule has 0 bridgehead atoms. The van der Waals surface area contributed by atoms with E-state index in [0.717, 1.165) is 0 Å². The molecule has 4 heteroatoms. The summed E-state index contributed by atoms with van der Waals surface area (Å²) in [6, 6.07) is 0. The van der Waals surface area contributed by atoms with Crippen LogP contribution >= 0.6 is 0 Å². The van der Waals surface area contributed by atoms with E-state index in [0.29, 0.717) is 0 Å². The Morgan fingerprint density at radius 2 is 1.20 bits per heavy atom. The van der Waals surface area contributed by atoms with Crippen LogP contribution in [0.2, 0.25) is 0 Å². The summed E-state index contributed by atoms with van der Waals surface area (Å²) < 4.78 is 6.15. The molecule has 0 saturated carbocycles. The van der Waals surface area contributed by atoms with E-state index >= 15 is 0 Å². The van der Waals surface area contributed by atoms with Crippen molar-refractivity contribution in [1.82, 2.24) is 0 Å². The number of aliphatic hydroxyl groups excluding tert-OH is 3. The lowest BCUT2D eigenvalue weighted by Crippen LogP contribution is -2.69. The number of aliphatic hydroxyl groups is 3. The minimum absolute atomic E-state index is 0.288. The SMILES string of the molecule is C=CCOC(C(C)(C)C)(C(C)(C)C)C(CO)(CO)CO. The summed E-state index contributed by atoms with van der Waals surface area (Å²) in [6.45, 7) is 14.9. The van der Waals surface area contributed by atoms with Gasteiger partial charge in [0.25, 0.3) is 0 Å². The van der Waals surface area contributed by atoms with E-state index in [1.165, 1.54) is 0 Å². The van der Waals surface area contributed by atoms with Crippen molar-refractivity contribution in [2.75, 3.05) is 26.4 Å². The summed E-state index contributed by atoms with van der Waals surface area (Å²) in [5.41, 5.74) is -2.91. The zero-order valence-corrected chi connectivity index (χ0v) is 13.9. The topological polar surface area (TPSA) is 69.9 Å². The van der Waals surface area contributed by atoms with Crippen LogP contribution in [0.1, 0.15) is 41.5 Å². The van der Waals surface area contributed by atoms with Gasteiger partial charge in [0.2, 0.25) is 0 Å². The lowest BCUT2D eigenvalue weighted by atomic mass is 9.51. The summed E-state index contributed by atoms with van der Waals surface area (Å²) in [7, 11) is 0. The van der Waals surface area contributed by atoms with Gasteiger partial charge < -0.3 is 20.1 Å². The Bertz CT molecular complexity index is 283. The van der Waals surface area contributed by atoms with Gasteiger partial charge in [0.05, 0.1) is 37.4 Å². The molecule has 0 aliphatic carbocycles. The maximum absolute atomic E-state index is 9.91. The van der Waals surface area contributed by atoms with Crippen molar-refractivity contribution in [2.24, 2.45) is 16.2 Å². The van der Waals surface area contributed by atoms with Crippen LogP contribution in [-0.4, -0.2) is 47.3 Å². The third-order valence-corrected chi connectivity index (χ3v) is 4.18. The second kappa shape index (κ2) is 6.56. The third kappa shape index (κ3) is 2.93. The fourth-order valence-electron chi connectivity index (χ4n) is 3.97. The monoisotopic (exact) mass is 288 g/mol. The molecule has 0 aliphatic heterocycles. The predicted molar refractivity (Wildman–Crippen MR) is 81.5 cm³/mol. The Kier molecular flexibility index (Phi) is 6.42. The predicted octanol–water partition coefficient (Wildman–Crippen LogP) is 1.98. The average molecular weight is 288 g/mol. The number of hydrogen-bond acceptors (Lipinski definition) is 4. The first-order valence-electron chi connectivity index (χ1n) is 7.07. The number of rotatable bonds is 7. The molecule has 20 heavy (non-hydrogen) atoms. The zero-order chi connectivity index (χ0) is 16.2. The summed E-state index contributed by atoms with van der Waals surface area (Å²) in [5.74, 6) is 0. The Morgan fingerprint density at radius 3 is 1.40 bits per heavy atom. The van der Waals surface area contributed by atoms with Crippen molar-refractivity contribution in [1.29, 1.82) is 0 Å². The molecule has 0 rings (SSSR count). The first kappa shape index (κ1) is 19.6. The van der Waals surface area contributed by atoms with E-state index in [2.05, 4.69) is 6.58 Å². The lowest BCUT2D eigenvalue weighted by molar-refractivity contribution is -0.274. The highest BCUT2D eigenvalue weighted by Crippen LogP contribution is 2.56. The summed E-state index contributed by atoms with van der Waals surface area (Å²) >= 11 is 0. The van der Waals surface area contributed by atoms with Gasteiger partial charge in [0.1, 0.15) is 0 Å². The average Bonchev–Trinajstić information content (AvgIpc) is 2.32. The molecule has 0 aromatic heterocycles. The van der Waals surface area contributed by atoms with Crippen LogP contribution in [0.3, 0.4) is 0 Å². The summed E-state index contributed by atoms with van der Waals surface area (Å²) in [5, 5.41) is 29.7. The van der Waals surface area contributed by atoms with E-state index in [4.69, 9.17) is 4.74 Å².